The van der Waals surface area contributed by atoms with Gasteiger partial charge >= 0.3 is 6.18 Å². The third-order valence-corrected chi connectivity index (χ3v) is 7.59. The van der Waals surface area contributed by atoms with Crippen LogP contribution in [0.5, 0.6) is 0 Å². The summed E-state index contributed by atoms with van der Waals surface area (Å²) < 4.78 is 38.5. The van der Waals surface area contributed by atoms with Gasteiger partial charge in [0.15, 0.2) is 0 Å². The van der Waals surface area contributed by atoms with Crippen LogP contribution < -0.4 is 4.90 Å². The van der Waals surface area contributed by atoms with Crippen LogP contribution in [0.15, 0.2) is 42.7 Å². The van der Waals surface area contributed by atoms with Gasteiger partial charge in [-0.15, -0.1) is 11.3 Å². The van der Waals surface area contributed by atoms with E-state index < -0.39 is 12.6 Å². The molecular weight excluding hydrogens is 421 g/mol. The number of nitrogens with zero attached hydrogens (tertiary/aromatic N) is 4. The Bertz CT molecular complexity index is 1050. The molecule has 2 aliphatic rings. The summed E-state index contributed by atoms with van der Waals surface area (Å²) in [4.78, 5) is 14.4. The number of alkyl halides is 3. The monoisotopic (exact) mass is 446 g/mol. The summed E-state index contributed by atoms with van der Waals surface area (Å²) in [6.45, 7) is 5.05. The average Bonchev–Trinajstić information content (AvgIpc) is 3.44. The number of hydrogen-bond acceptors (Lipinski definition) is 5. The largest absolute Gasteiger partial charge is 0.393 e. The topological polar surface area (TPSA) is 32.3 Å². The predicted molar refractivity (Wildman–Crippen MR) is 118 cm³/mol. The van der Waals surface area contributed by atoms with E-state index in [0.29, 0.717) is 9.71 Å². The zero-order chi connectivity index (χ0) is 21.5. The van der Waals surface area contributed by atoms with E-state index in [4.69, 9.17) is 0 Å². The second-order valence-electron chi connectivity index (χ2n) is 8.85. The molecule has 0 amide bonds. The van der Waals surface area contributed by atoms with E-state index in [2.05, 4.69) is 44.0 Å². The van der Waals surface area contributed by atoms with Gasteiger partial charge in [0, 0.05) is 36.5 Å². The highest BCUT2D eigenvalue weighted by atomic mass is 32.1. The molecule has 4 heterocycles. The molecule has 0 aliphatic carbocycles. The third-order valence-electron chi connectivity index (χ3n) is 6.55. The minimum absolute atomic E-state index is 0.249. The maximum Gasteiger partial charge on any atom is 0.393 e. The van der Waals surface area contributed by atoms with Crippen LogP contribution in [0.25, 0.3) is 10.2 Å². The van der Waals surface area contributed by atoms with Crippen molar-refractivity contribution in [3.05, 3.63) is 53.2 Å². The Kier molecular flexibility index (Phi) is 5.38. The SMILES string of the molecule is FC(F)(F)Cc1cc2c(N3CC[C@]4(CCN(CCc5ccccc5)C4)C3)ncnc2s1. The van der Waals surface area contributed by atoms with Gasteiger partial charge in [0.05, 0.1) is 11.8 Å². The van der Waals surface area contributed by atoms with Crippen molar-refractivity contribution < 1.29 is 13.2 Å². The predicted octanol–water partition coefficient (Wildman–Crippen LogP) is 4.94. The summed E-state index contributed by atoms with van der Waals surface area (Å²) in [6, 6.07) is 12.2. The first-order chi connectivity index (χ1) is 14.9. The fourth-order valence-electron chi connectivity index (χ4n) is 5.03. The van der Waals surface area contributed by atoms with Crippen LogP contribution in [0.1, 0.15) is 23.3 Å². The summed E-state index contributed by atoms with van der Waals surface area (Å²) in [6.07, 6.45) is -0.316. The first kappa shape index (κ1) is 20.7. The fourth-order valence-corrected chi connectivity index (χ4v) is 6.05. The second kappa shape index (κ2) is 8.06. The first-order valence-corrected chi connectivity index (χ1v) is 11.5. The van der Waals surface area contributed by atoms with Crippen molar-refractivity contribution in [2.45, 2.75) is 31.9 Å². The first-order valence-electron chi connectivity index (χ1n) is 10.7. The van der Waals surface area contributed by atoms with E-state index >= 15 is 0 Å². The number of rotatable bonds is 5. The molecule has 0 N–H and O–H groups in total. The fraction of sp³-hybridized carbons (Fsp3) is 0.478. The van der Waals surface area contributed by atoms with E-state index in [0.717, 1.165) is 74.5 Å². The van der Waals surface area contributed by atoms with Gasteiger partial charge in [-0.25, -0.2) is 9.97 Å². The molecule has 2 saturated heterocycles. The molecule has 0 bridgehead atoms. The van der Waals surface area contributed by atoms with Gasteiger partial charge in [0.1, 0.15) is 17.0 Å². The van der Waals surface area contributed by atoms with Crippen LogP contribution in [-0.4, -0.2) is 53.8 Å². The molecule has 1 aromatic carbocycles. The lowest BCUT2D eigenvalue weighted by Crippen LogP contribution is -2.32. The van der Waals surface area contributed by atoms with Crippen LogP contribution in [0.2, 0.25) is 0 Å². The van der Waals surface area contributed by atoms with Crippen LogP contribution in [0.3, 0.4) is 0 Å². The molecule has 1 atom stereocenters. The van der Waals surface area contributed by atoms with Gasteiger partial charge in [-0.2, -0.15) is 13.2 Å². The minimum atomic E-state index is -4.21. The Balaban J connectivity index is 1.27. The van der Waals surface area contributed by atoms with Crippen LogP contribution >= 0.6 is 11.3 Å². The van der Waals surface area contributed by atoms with Crippen LogP contribution in [0, 0.1) is 5.41 Å². The molecule has 1 spiro atoms. The van der Waals surface area contributed by atoms with Crippen LogP contribution in [-0.2, 0) is 12.8 Å². The van der Waals surface area contributed by atoms with Gasteiger partial charge in [-0.3, -0.25) is 0 Å². The Morgan fingerprint density at radius 3 is 2.65 bits per heavy atom. The molecule has 0 unspecified atom stereocenters. The van der Waals surface area contributed by atoms with Gasteiger partial charge in [0.25, 0.3) is 0 Å². The molecule has 164 valence electrons. The molecule has 5 rings (SSSR count). The molecule has 31 heavy (non-hydrogen) atoms. The van der Waals surface area contributed by atoms with Crippen molar-refractivity contribution in [3.63, 3.8) is 0 Å². The lowest BCUT2D eigenvalue weighted by molar-refractivity contribution is -0.126. The number of benzene rings is 1. The highest BCUT2D eigenvalue weighted by Crippen LogP contribution is 2.42. The Labute approximate surface area is 183 Å². The van der Waals surface area contributed by atoms with Crippen molar-refractivity contribution in [2.24, 2.45) is 5.41 Å². The smallest absolute Gasteiger partial charge is 0.355 e. The summed E-state index contributed by atoms with van der Waals surface area (Å²) in [5, 5.41) is 0.753. The van der Waals surface area contributed by atoms with Crippen LogP contribution in [0.4, 0.5) is 19.0 Å². The van der Waals surface area contributed by atoms with Gasteiger partial charge in [-0.1, -0.05) is 30.3 Å². The van der Waals surface area contributed by atoms with Crippen molar-refractivity contribution in [2.75, 3.05) is 37.6 Å². The molecule has 2 aromatic heterocycles. The molecular formula is C23H25F3N4S. The summed E-state index contributed by atoms with van der Waals surface area (Å²) in [7, 11) is 0. The Morgan fingerprint density at radius 2 is 1.84 bits per heavy atom. The highest BCUT2D eigenvalue weighted by molar-refractivity contribution is 7.18. The summed E-state index contributed by atoms with van der Waals surface area (Å²) in [5.74, 6) is 0.786. The Hall–Kier alpha value is -2.19. The van der Waals surface area contributed by atoms with E-state index in [1.807, 2.05) is 6.07 Å². The standard InChI is InChI=1S/C23H25F3N4S/c24-23(25,26)13-18-12-19-20(27-16-28-21(19)31-18)30-11-8-22(15-30)7-10-29(14-22)9-6-17-4-2-1-3-5-17/h1-5,12,16H,6-11,13-15H2/t22-/m0/s1. The molecule has 3 aromatic rings. The average molecular weight is 447 g/mol. The third kappa shape index (κ3) is 4.55. The van der Waals surface area contributed by atoms with Crippen molar-refractivity contribution in [1.29, 1.82) is 0 Å². The van der Waals surface area contributed by atoms with Crippen molar-refractivity contribution >= 4 is 27.4 Å². The second-order valence-corrected chi connectivity index (χ2v) is 9.97. The zero-order valence-electron chi connectivity index (χ0n) is 17.2. The molecule has 2 aliphatic heterocycles. The van der Waals surface area contributed by atoms with Gasteiger partial charge in [-0.05, 0) is 37.4 Å². The maximum absolute atomic E-state index is 12.8. The van der Waals surface area contributed by atoms with Gasteiger partial charge < -0.3 is 9.80 Å². The number of halogens is 3. The molecule has 4 nitrogen and oxygen atoms in total. The number of fused-ring (bicyclic) bond motifs is 1. The number of anilines is 1. The lowest BCUT2D eigenvalue weighted by atomic mass is 9.86. The van der Waals surface area contributed by atoms with E-state index in [9.17, 15) is 13.2 Å². The normalized spacial score (nSPS) is 22.2. The summed E-state index contributed by atoms with van der Waals surface area (Å²) >= 11 is 1.12. The molecule has 0 saturated carbocycles. The lowest BCUT2D eigenvalue weighted by Gasteiger charge is -2.25. The molecule has 0 radical (unpaired) electrons. The van der Waals surface area contributed by atoms with E-state index in [1.54, 1.807) is 6.07 Å². The minimum Gasteiger partial charge on any atom is -0.355 e. The number of hydrogen-bond donors (Lipinski definition) is 0. The summed E-state index contributed by atoms with van der Waals surface area (Å²) in [5.41, 5.74) is 1.62. The molecule has 2 fully saturated rings. The van der Waals surface area contributed by atoms with E-state index in [-0.39, 0.29) is 5.41 Å². The number of aromatic nitrogens is 2. The quantitative estimate of drug-likeness (QED) is 0.556. The maximum atomic E-state index is 12.8. The van der Waals surface area contributed by atoms with E-state index in [1.165, 1.54) is 11.9 Å². The van der Waals surface area contributed by atoms with Crippen molar-refractivity contribution in [1.82, 2.24) is 14.9 Å². The van der Waals surface area contributed by atoms with Crippen molar-refractivity contribution in [3.8, 4) is 0 Å². The highest BCUT2D eigenvalue weighted by Gasteiger charge is 2.44. The number of thiophene rings is 1. The Morgan fingerprint density at radius 1 is 1.03 bits per heavy atom. The molecule has 8 heteroatoms. The number of likely N-dealkylation sites (tertiary alicyclic amines) is 1. The zero-order valence-corrected chi connectivity index (χ0v) is 18.1. The van der Waals surface area contributed by atoms with Gasteiger partial charge in [0.2, 0.25) is 0 Å².